The molecule has 0 bridgehead atoms. The number of benzene rings is 3. The molecule has 3 aromatic rings. The van der Waals surface area contributed by atoms with Gasteiger partial charge < -0.3 is 4.74 Å². The predicted octanol–water partition coefficient (Wildman–Crippen LogP) is 6.38. The first-order valence-electron chi connectivity index (χ1n) is 10.8. The molecule has 0 unspecified atom stereocenters. The van der Waals surface area contributed by atoms with E-state index in [2.05, 4.69) is 63.2 Å². The van der Waals surface area contributed by atoms with Crippen LogP contribution in [-0.4, -0.2) is 17.8 Å². The Balaban J connectivity index is 1.56. The van der Waals surface area contributed by atoms with Crippen LogP contribution in [0.25, 0.3) is 6.08 Å². The van der Waals surface area contributed by atoms with Gasteiger partial charge in [-0.1, -0.05) is 40.2 Å². The average molecular weight is 598 g/mol. The van der Waals surface area contributed by atoms with E-state index in [1.807, 2.05) is 13.0 Å². The molecule has 0 saturated carbocycles. The lowest BCUT2D eigenvalue weighted by atomic mass is 10.1. The van der Waals surface area contributed by atoms with Crippen molar-refractivity contribution in [1.82, 2.24) is 5.32 Å². The molecule has 4 amide bonds. The van der Waals surface area contributed by atoms with Gasteiger partial charge in [0.15, 0.2) is 0 Å². The van der Waals surface area contributed by atoms with Crippen LogP contribution >= 0.6 is 31.9 Å². The number of barbiturate groups is 1. The molecular formula is C27H22Br2N2O4. The number of nitrogens with zero attached hydrogens (tertiary/aromatic N) is 1. The van der Waals surface area contributed by atoms with E-state index in [1.54, 1.807) is 36.4 Å². The van der Waals surface area contributed by atoms with Crippen LogP contribution in [0.15, 0.2) is 69.1 Å². The smallest absolute Gasteiger partial charge is 0.335 e. The van der Waals surface area contributed by atoms with Crippen molar-refractivity contribution in [2.75, 3.05) is 4.90 Å². The first-order valence-corrected chi connectivity index (χ1v) is 12.4. The zero-order valence-corrected chi connectivity index (χ0v) is 22.5. The molecule has 1 aliphatic rings. The molecule has 0 aromatic heterocycles. The lowest BCUT2D eigenvalue weighted by molar-refractivity contribution is -0.122. The minimum atomic E-state index is -0.782. The summed E-state index contributed by atoms with van der Waals surface area (Å²) in [5.74, 6) is -0.796. The lowest BCUT2D eigenvalue weighted by Gasteiger charge is -2.26. The fourth-order valence-electron chi connectivity index (χ4n) is 3.60. The molecule has 3 aromatic carbocycles. The molecule has 6 nitrogen and oxygen atoms in total. The number of anilines is 1. The molecule has 1 saturated heterocycles. The molecule has 0 atom stereocenters. The molecule has 0 radical (unpaired) electrons. The molecule has 0 spiro atoms. The van der Waals surface area contributed by atoms with Gasteiger partial charge in [0.1, 0.15) is 17.9 Å². The van der Waals surface area contributed by atoms with E-state index in [0.29, 0.717) is 28.1 Å². The van der Waals surface area contributed by atoms with Gasteiger partial charge in [-0.25, -0.2) is 9.69 Å². The number of hydrogen-bond donors (Lipinski definition) is 1. The maximum absolute atomic E-state index is 13.1. The van der Waals surface area contributed by atoms with E-state index in [0.717, 1.165) is 20.5 Å². The van der Waals surface area contributed by atoms with Gasteiger partial charge in [-0.05, 0) is 101 Å². The highest BCUT2D eigenvalue weighted by molar-refractivity contribution is 9.10. The zero-order chi connectivity index (χ0) is 25.3. The van der Waals surface area contributed by atoms with Crippen LogP contribution in [0.5, 0.6) is 5.75 Å². The Labute approximate surface area is 220 Å². The highest BCUT2D eigenvalue weighted by Gasteiger charge is 2.36. The van der Waals surface area contributed by atoms with Crippen LogP contribution < -0.4 is 15.0 Å². The Morgan fingerprint density at radius 1 is 0.857 bits per heavy atom. The number of halogens is 2. The first-order chi connectivity index (χ1) is 16.6. The molecule has 1 fully saturated rings. The summed E-state index contributed by atoms with van der Waals surface area (Å²) in [6.45, 7) is 6.39. The molecule has 4 rings (SSSR count). The maximum Gasteiger partial charge on any atom is 0.335 e. The predicted molar refractivity (Wildman–Crippen MR) is 142 cm³/mol. The molecule has 35 heavy (non-hydrogen) atoms. The molecule has 1 heterocycles. The fourth-order valence-corrected chi connectivity index (χ4v) is 4.36. The third kappa shape index (κ3) is 5.39. The highest BCUT2D eigenvalue weighted by Crippen LogP contribution is 2.30. The maximum atomic E-state index is 13.1. The highest BCUT2D eigenvalue weighted by atomic mass is 79.9. The Morgan fingerprint density at radius 3 is 2.31 bits per heavy atom. The van der Waals surface area contributed by atoms with Crippen molar-refractivity contribution < 1.29 is 19.1 Å². The summed E-state index contributed by atoms with van der Waals surface area (Å²) in [5, 5.41) is 2.25. The standard InChI is InChI=1S/C27H22Br2N2O4/c1-15-4-5-19(10-16(15)2)14-35-24-9-6-18(13-23(24)29)12-21-25(32)30-27(34)31(26(21)33)20-7-8-22(28)17(3)11-20/h4-13H,14H2,1-3H3,(H,30,32,34)/b21-12-. The number of hydrogen-bond acceptors (Lipinski definition) is 4. The van der Waals surface area contributed by atoms with Crippen molar-refractivity contribution in [3.63, 3.8) is 0 Å². The van der Waals surface area contributed by atoms with E-state index in [9.17, 15) is 14.4 Å². The Bertz CT molecular complexity index is 1400. The van der Waals surface area contributed by atoms with Gasteiger partial charge in [-0.2, -0.15) is 0 Å². The van der Waals surface area contributed by atoms with Crippen LogP contribution in [0, 0.1) is 20.8 Å². The summed E-state index contributed by atoms with van der Waals surface area (Å²) in [6, 6.07) is 15.8. The third-order valence-corrected chi connectivity index (χ3v) is 7.24. The quantitative estimate of drug-likeness (QED) is 0.273. The molecule has 1 N–H and O–H groups in total. The lowest BCUT2D eigenvalue weighted by Crippen LogP contribution is -2.54. The summed E-state index contributed by atoms with van der Waals surface area (Å²) >= 11 is 6.91. The van der Waals surface area contributed by atoms with Crippen LogP contribution in [0.3, 0.4) is 0 Å². The van der Waals surface area contributed by atoms with Crippen LogP contribution in [0.1, 0.15) is 27.8 Å². The molecule has 178 valence electrons. The molecule has 8 heteroatoms. The number of urea groups is 1. The van der Waals surface area contributed by atoms with Crippen molar-refractivity contribution in [1.29, 1.82) is 0 Å². The number of imide groups is 2. The van der Waals surface area contributed by atoms with E-state index in [4.69, 9.17) is 4.74 Å². The molecule has 1 aliphatic heterocycles. The van der Waals surface area contributed by atoms with Gasteiger partial charge in [0.2, 0.25) is 0 Å². The van der Waals surface area contributed by atoms with Gasteiger partial charge >= 0.3 is 6.03 Å². The zero-order valence-electron chi connectivity index (χ0n) is 19.3. The van der Waals surface area contributed by atoms with E-state index in [-0.39, 0.29) is 5.57 Å². The van der Waals surface area contributed by atoms with Crippen molar-refractivity contribution in [3.05, 3.63) is 96.9 Å². The topological polar surface area (TPSA) is 75.7 Å². The summed E-state index contributed by atoms with van der Waals surface area (Å²) in [4.78, 5) is 39.0. The van der Waals surface area contributed by atoms with Crippen LogP contribution in [0.2, 0.25) is 0 Å². The van der Waals surface area contributed by atoms with Gasteiger partial charge in [0.05, 0.1) is 10.2 Å². The Morgan fingerprint density at radius 2 is 1.63 bits per heavy atom. The number of aryl methyl sites for hydroxylation is 3. The van der Waals surface area contributed by atoms with Crippen molar-refractivity contribution >= 4 is 61.5 Å². The van der Waals surface area contributed by atoms with Crippen LogP contribution in [0.4, 0.5) is 10.5 Å². The fraction of sp³-hybridized carbons (Fsp3) is 0.148. The van der Waals surface area contributed by atoms with Crippen molar-refractivity contribution in [2.24, 2.45) is 0 Å². The van der Waals surface area contributed by atoms with Crippen molar-refractivity contribution in [3.8, 4) is 5.75 Å². The largest absolute Gasteiger partial charge is 0.488 e. The number of carbonyl (C=O) groups excluding carboxylic acids is 3. The summed E-state index contributed by atoms with van der Waals surface area (Å²) in [7, 11) is 0. The first kappa shape index (κ1) is 24.9. The number of carbonyl (C=O) groups is 3. The van der Waals surface area contributed by atoms with Gasteiger partial charge in [0.25, 0.3) is 11.8 Å². The summed E-state index contributed by atoms with van der Waals surface area (Å²) in [6.07, 6.45) is 1.46. The van der Waals surface area contributed by atoms with E-state index in [1.165, 1.54) is 17.2 Å². The normalized spacial score (nSPS) is 14.9. The molecule has 0 aliphatic carbocycles. The van der Waals surface area contributed by atoms with Gasteiger partial charge in [-0.15, -0.1) is 0 Å². The number of ether oxygens (including phenoxy) is 1. The molecular weight excluding hydrogens is 576 g/mol. The number of amides is 4. The average Bonchev–Trinajstić information content (AvgIpc) is 2.80. The SMILES string of the molecule is Cc1ccc(COc2ccc(/C=C3/C(=O)NC(=O)N(c4ccc(Br)c(C)c4)C3=O)cc2Br)cc1C. The van der Waals surface area contributed by atoms with E-state index < -0.39 is 17.8 Å². The summed E-state index contributed by atoms with van der Waals surface area (Å²) in [5.41, 5.74) is 5.19. The second-order valence-corrected chi connectivity index (χ2v) is 10.00. The number of nitrogens with one attached hydrogen (secondary N) is 1. The minimum absolute atomic E-state index is 0.138. The number of rotatable bonds is 5. The minimum Gasteiger partial charge on any atom is -0.488 e. The second kappa shape index (κ2) is 10.2. The monoisotopic (exact) mass is 596 g/mol. The Kier molecular flexibility index (Phi) is 7.23. The van der Waals surface area contributed by atoms with Crippen molar-refractivity contribution in [2.45, 2.75) is 27.4 Å². The Hall–Kier alpha value is -3.23. The van der Waals surface area contributed by atoms with Gasteiger partial charge in [0, 0.05) is 4.47 Å². The third-order valence-electron chi connectivity index (χ3n) is 5.73. The van der Waals surface area contributed by atoms with Crippen LogP contribution in [-0.2, 0) is 16.2 Å². The second-order valence-electron chi connectivity index (χ2n) is 8.29. The summed E-state index contributed by atoms with van der Waals surface area (Å²) < 4.78 is 7.47. The van der Waals surface area contributed by atoms with Gasteiger partial charge in [-0.3, -0.25) is 14.9 Å². The van der Waals surface area contributed by atoms with E-state index >= 15 is 0 Å².